The minimum atomic E-state index is -0.760. The van der Waals surface area contributed by atoms with Gasteiger partial charge in [0.1, 0.15) is 5.41 Å². The van der Waals surface area contributed by atoms with Crippen molar-refractivity contribution in [3.8, 4) is 34.9 Å². The van der Waals surface area contributed by atoms with Crippen LogP contribution in [0.15, 0.2) is 121 Å². The first kappa shape index (κ1) is 23.9. The van der Waals surface area contributed by atoms with Crippen molar-refractivity contribution < 1.29 is 0 Å². The predicted octanol–water partition coefficient (Wildman–Crippen LogP) is 7.14. The molecule has 0 unspecified atom stereocenters. The average molecular weight is 536 g/mol. The minimum absolute atomic E-state index is 0.133. The zero-order valence-corrected chi connectivity index (χ0v) is 22.4. The van der Waals surface area contributed by atoms with E-state index < -0.39 is 5.41 Å². The summed E-state index contributed by atoms with van der Waals surface area (Å²) in [5, 5.41) is 18.8. The van der Waals surface area contributed by atoms with E-state index in [-0.39, 0.29) is 5.92 Å². The largest absolute Gasteiger partial charge is 0.211 e. The Hall–Kier alpha value is -5.91. The number of aromatic nitrogens is 3. The van der Waals surface area contributed by atoms with Crippen LogP contribution in [0.3, 0.4) is 0 Å². The van der Waals surface area contributed by atoms with Crippen molar-refractivity contribution in [2.75, 3.05) is 0 Å². The first-order valence-electron chi connectivity index (χ1n) is 13.8. The van der Waals surface area contributed by atoms with Crippen molar-refractivity contribution in [1.82, 2.24) is 15.0 Å². The first-order valence-corrected chi connectivity index (χ1v) is 13.8. The third-order valence-corrected chi connectivity index (χ3v) is 8.54. The Morgan fingerprint density at radius 1 is 0.476 bits per heavy atom. The van der Waals surface area contributed by atoms with Crippen LogP contribution in [0.4, 0.5) is 0 Å². The number of nitrogens with zero attached hydrogens (tertiary/aromatic N) is 5. The molecule has 0 saturated carbocycles. The molecule has 2 bridgehead atoms. The van der Waals surface area contributed by atoms with Crippen LogP contribution >= 0.6 is 0 Å². The quantitative estimate of drug-likeness (QED) is 0.240. The van der Waals surface area contributed by atoms with Crippen LogP contribution in [0.1, 0.15) is 56.2 Å². The third-order valence-electron chi connectivity index (χ3n) is 8.54. The standard InChI is InChI=1S/C37H21N5/c38-21-23-13-17-25(18-14-23)34-40-35(26-19-15-24(22-39)16-20-26)42-36(41-34)37-30-10-4-1-7-27(30)33(28-8-2-5-11-31(28)37)29-9-3-6-12-32(29)37/h1-20,33H. The zero-order valence-electron chi connectivity index (χ0n) is 22.4. The van der Waals surface area contributed by atoms with E-state index >= 15 is 0 Å². The third kappa shape index (κ3) is 3.25. The molecule has 9 rings (SSSR count). The van der Waals surface area contributed by atoms with Gasteiger partial charge in [-0.1, -0.05) is 72.8 Å². The maximum absolute atomic E-state index is 9.38. The molecule has 3 aliphatic carbocycles. The summed E-state index contributed by atoms with van der Waals surface area (Å²) in [5.74, 6) is 1.83. The molecule has 5 nitrogen and oxygen atoms in total. The molecule has 194 valence electrons. The summed E-state index contributed by atoms with van der Waals surface area (Å²) >= 11 is 0. The Morgan fingerprint density at radius 3 is 1.24 bits per heavy atom. The molecular weight excluding hydrogens is 514 g/mol. The Labute approximate surface area is 243 Å². The number of hydrogen-bond acceptors (Lipinski definition) is 5. The van der Waals surface area contributed by atoms with Gasteiger partial charge in [0, 0.05) is 17.0 Å². The van der Waals surface area contributed by atoms with Crippen molar-refractivity contribution in [3.05, 3.63) is 172 Å². The van der Waals surface area contributed by atoms with Crippen molar-refractivity contribution in [2.24, 2.45) is 0 Å². The second-order valence-electron chi connectivity index (χ2n) is 10.6. The summed E-state index contributed by atoms with van der Waals surface area (Å²) in [6.07, 6.45) is 0. The molecule has 3 aliphatic rings. The van der Waals surface area contributed by atoms with Crippen LogP contribution in [0.2, 0.25) is 0 Å². The first-order chi connectivity index (χ1) is 20.7. The lowest BCUT2D eigenvalue weighted by Gasteiger charge is -2.49. The van der Waals surface area contributed by atoms with E-state index in [1.165, 1.54) is 33.4 Å². The minimum Gasteiger partial charge on any atom is -0.211 e. The molecule has 0 saturated heterocycles. The van der Waals surface area contributed by atoms with E-state index in [1.54, 1.807) is 24.3 Å². The molecule has 1 heterocycles. The SMILES string of the molecule is N#Cc1ccc(-c2nc(-c3ccc(C#N)cc3)nc(C34c5ccccc5C(c5ccccc53)c3ccccc34)n2)cc1. The van der Waals surface area contributed by atoms with Crippen LogP contribution < -0.4 is 0 Å². The summed E-state index contributed by atoms with van der Waals surface area (Å²) in [6, 6.07) is 44.9. The molecule has 0 N–H and O–H groups in total. The van der Waals surface area contributed by atoms with Gasteiger partial charge in [-0.25, -0.2) is 15.0 Å². The number of benzene rings is 5. The van der Waals surface area contributed by atoms with E-state index in [0.29, 0.717) is 28.6 Å². The van der Waals surface area contributed by atoms with Gasteiger partial charge in [-0.3, -0.25) is 0 Å². The van der Waals surface area contributed by atoms with Crippen LogP contribution in [0.5, 0.6) is 0 Å². The van der Waals surface area contributed by atoms with Crippen molar-refractivity contribution in [2.45, 2.75) is 11.3 Å². The van der Waals surface area contributed by atoms with Crippen LogP contribution in [-0.4, -0.2) is 15.0 Å². The fourth-order valence-electron chi connectivity index (χ4n) is 6.76. The van der Waals surface area contributed by atoms with Gasteiger partial charge < -0.3 is 0 Å². The molecule has 42 heavy (non-hydrogen) atoms. The smallest absolute Gasteiger partial charge is 0.163 e. The highest BCUT2D eigenvalue weighted by atomic mass is 15.0. The molecular formula is C37H21N5. The summed E-state index contributed by atoms with van der Waals surface area (Å²) in [4.78, 5) is 15.4. The second-order valence-corrected chi connectivity index (χ2v) is 10.6. The highest BCUT2D eigenvalue weighted by molar-refractivity contribution is 5.75. The topological polar surface area (TPSA) is 86.2 Å². The van der Waals surface area contributed by atoms with Gasteiger partial charge >= 0.3 is 0 Å². The number of rotatable bonds is 3. The lowest BCUT2D eigenvalue weighted by atomic mass is 9.52. The molecule has 0 aliphatic heterocycles. The Morgan fingerprint density at radius 2 is 0.857 bits per heavy atom. The highest BCUT2D eigenvalue weighted by Gasteiger charge is 2.54. The van der Waals surface area contributed by atoms with E-state index in [9.17, 15) is 10.5 Å². The monoisotopic (exact) mass is 535 g/mol. The summed E-state index contributed by atoms with van der Waals surface area (Å²) < 4.78 is 0. The van der Waals surface area contributed by atoms with Crippen molar-refractivity contribution in [3.63, 3.8) is 0 Å². The van der Waals surface area contributed by atoms with E-state index in [2.05, 4.69) is 84.9 Å². The molecule has 0 fully saturated rings. The summed E-state index contributed by atoms with van der Waals surface area (Å²) in [6.45, 7) is 0. The number of nitriles is 2. The van der Waals surface area contributed by atoms with Gasteiger partial charge in [-0.2, -0.15) is 10.5 Å². The van der Waals surface area contributed by atoms with Crippen LogP contribution in [0.25, 0.3) is 22.8 Å². The van der Waals surface area contributed by atoms with Gasteiger partial charge in [0.15, 0.2) is 17.5 Å². The fourth-order valence-corrected chi connectivity index (χ4v) is 6.76. The number of hydrogen-bond donors (Lipinski definition) is 0. The molecule has 1 aromatic heterocycles. The molecule has 0 atom stereocenters. The average Bonchev–Trinajstić information content (AvgIpc) is 3.08. The maximum Gasteiger partial charge on any atom is 0.163 e. The molecule has 0 radical (unpaired) electrons. The van der Waals surface area contributed by atoms with Crippen molar-refractivity contribution >= 4 is 0 Å². The zero-order chi connectivity index (χ0) is 28.3. The predicted molar refractivity (Wildman–Crippen MR) is 159 cm³/mol. The van der Waals surface area contributed by atoms with E-state index in [0.717, 1.165) is 11.1 Å². The normalized spacial score (nSPS) is 17.3. The van der Waals surface area contributed by atoms with Gasteiger partial charge in [0.25, 0.3) is 0 Å². The van der Waals surface area contributed by atoms with Gasteiger partial charge in [0.2, 0.25) is 0 Å². The van der Waals surface area contributed by atoms with Gasteiger partial charge in [0.05, 0.1) is 23.3 Å². The lowest BCUT2D eigenvalue weighted by molar-refractivity contribution is 0.591. The molecule has 5 heteroatoms. The van der Waals surface area contributed by atoms with Gasteiger partial charge in [-0.05, 0) is 81.9 Å². The Kier molecular flexibility index (Phi) is 5.16. The van der Waals surface area contributed by atoms with E-state index in [1.807, 2.05) is 24.3 Å². The Balaban J connectivity index is 1.49. The highest BCUT2D eigenvalue weighted by Crippen LogP contribution is 2.60. The van der Waals surface area contributed by atoms with Crippen molar-refractivity contribution in [1.29, 1.82) is 10.5 Å². The molecule has 0 amide bonds. The van der Waals surface area contributed by atoms with Crippen LogP contribution in [0, 0.1) is 22.7 Å². The summed E-state index contributed by atoms with van der Waals surface area (Å²) in [7, 11) is 0. The molecule has 6 aromatic rings. The van der Waals surface area contributed by atoms with Crippen LogP contribution in [-0.2, 0) is 5.41 Å². The fraction of sp³-hybridized carbons (Fsp3) is 0.0541. The van der Waals surface area contributed by atoms with Gasteiger partial charge in [-0.15, -0.1) is 0 Å². The lowest BCUT2D eigenvalue weighted by Crippen LogP contribution is -2.44. The Bertz CT molecular complexity index is 1920. The maximum atomic E-state index is 9.38. The van der Waals surface area contributed by atoms with E-state index in [4.69, 9.17) is 15.0 Å². The molecule has 0 spiro atoms. The summed E-state index contributed by atoms with van der Waals surface area (Å²) in [5.41, 5.74) is 9.28. The molecule has 5 aromatic carbocycles. The second kappa shape index (κ2) is 9.06.